The molecule has 0 saturated carbocycles. The first-order chi connectivity index (χ1) is 7.51. The number of hydrogen-bond acceptors (Lipinski definition) is 5. The molecule has 0 unspecified atom stereocenters. The number of benzene rings is 1. The third kappa shape index (κ3) is 2.17. The standard InChI is InChI=1S/C9H5BrN2O4/c1-16-9(13)6-2-5(10)3-8(12(14)15)7(6)4-11/h2-3H,1H3. The van der Waals surface area contributed by atoms with Gasteiger partial charge in [0.05, 0.1) is 17.6 Å². The maximum Gasteiger partial charge on any atom is 0.339 e. The second-order valence-electron chi connectivity index (χ2n) is 2.71. The smallest absolute Gasteiger partial charge is 0.339 e. The highest BCUT2D eigenvalue weighted by molar-refractivity contribution is 9.10. The molecule has 0 aliphatic rings. The monoisotopic (exact) mass is 284 g/mol. The zero-order valence-corrected chi connectivity index (χ0v) is 9.65. The Bertz CT molecular complexity index is 507. The number of nitrogens with zero attached hydrogens (tertiary/aromatic N) is 2. The van der Waals surface area contributed by atoms with Crippen molar-refractivity contribution in [1.82, 2.24) is 0 Å². The van der Waals surface area contributed by atoms with Crippen molar-refractivity contribution in [1.29, 1.82) is 5.26 Å². The van der Waals surface area contributed by atoms with Crippen LogP contribution in [0.5, 0.6) is 0 Å². The lowest BCUT2D eigenvalue weighted by molar-refractivity contribution is -0.385. The summed E-state index contributed by atoms with van der Waals surface area (Å²) in [5.74, 6) is -0.791. The maximum absolute atomic E-state index is 11.3. The highest BCUT2D eigenvalue weighted by atomic mass is 79.9. The predicted molar refractivity (Wildman–Crippen MR) is 56.9 cm³/mol. The third-order valence-corrected chi connectivity index (χ3v) is 2.25. The number of hydrogen-bond donors (Lipinski definition) is 0. The Morgan fingerprint density at radius 1 is 1.62 bits per heavy atom. The number of carbonyl (C=O) groups excluding carboxylic acids is 1. The highest BCUT2D eigenvalue weighted by Crippen LogP contribution is 2.27. The van der Waals surface area contributed by atoms with Gasteiger partial charge in [-0.2, -0.15) is 5.26 Å². The summed E-state index contributed by atoms with van der Waals surface area (Å²) >= 11 is 3.02. The Kier molecular flexibility index (Phi) is 3.58. The first-order valence-corrected chi connectivity index (χ1v) is 4.77. The van der Waals surface area contributed by atoms with E-state index in [0.29, 0.717) is 4.47 Å². The quantitative estimate of drug-likeness (QED) is 0.470. The van der Waals surface area contributed by atoms with Gasteiger partial charge in [0.1, 0.15) is 11.6 Å². The van der Waals surface area contributed by atoms with Crippen LogP contribution in [-0.2, 0) is 4.74 Å². The van der Waals surface area contributed by atoms with Crippen molar-refractivity contribution in [2.45, 2.75) is 0 Å². The molecule has 1 rings (SSSR count). The van der Waals surface area contributed by atoms with Gasteiger partial charge in [0.15, 0.2) is 0 Å². The van der Waals surface area contributed by atoms with Gasteiger partial charge < -0.3 is 4.74 Å². The van der Waals surface area contributed by atoms with Crippen molar-refractivity contribution in [3.63, 3.8) is 0 Å². The fourth-order valence-electron chi connectivity index (χ4n) is 1.12. The van der Waals surface area contributed by atoms with Crippen molar-refractivity contribution in [2.75, 3.05) is 7.11 Å². The molecular weight excluding hydrogens is 280 g/mol. The lowest BCUT2D eigenvalue weighted by Gasteiger charge is -2.03. The topological polar surface area (TPSA) is 93.2 Å². The van der Waals surface area contributed by atoms with E-state index >= 15 is 0 Å². The predicted octanol–water partition coefficient (Wildman–Crippen LogP) is 2.02. The number of nitriles is 1. The van der Waals surface area contributed by atoms with Crippen LogP contribution in [0.25, 0.3) is 0 Å². The number of halogens is 1. The van der Waals surface area contributed by atoms with Gasteiger partial charge in [-0.05, 0) is 6.07 Å². The largest absolute Gasteiger partial charge is 0.465 e. The Hall–Kier alpha value is -1.94. The zero-order chi connectivity index (χ0) is 12.3. The van der Waals surface area contributed by atoms with E-state index < -0.39 is 16.6 Å². The van der Waals surface area contributed by atoms with E-state index in [1.807, 2.05) is 0 Å². The number of ether oxygens (including phenoxy) is 1. The van der Waals surface area contributed by atoms with Gasteiger partial charge in [0.25, 0.3) is 5.69 Å². The van der Waals surface area contributed by atoms with Crippen LogP contribution in [0.4, 0.5) is 5.69 Å². The van der Waals surface area contributed by atoms with Crippen LogP contribution in [0.2, 0.25) is 0 Å². The molecule has 0 atom stereocenters. The number of nitro benzene ring substituents is 1. The molecule has 0 aromatic heterocycles. The lowest BCUT2D eigenvalue weighted by atomic mass is 10.1. The summed E-state index contributed by atoms with van der Waals surface area (Å²) in [6, 6.07) is 4.09. The summed E-state index contributed by atoms with van der Waals surface area (Å²) in [6.45, 7) is 0. The fourth-order valence-corrected chi connectivity index (χ4v) is 1.57. The van der Waals surface area contributed by atoms with Crippen molar-refractivity contribution >= 4 is 27.6 Å². The molecule has 7 heteroatoms. The summed E-state index contributed by atoms with van der Waals surface area (Å²) in [5, 5.41) is 19.5. The van der Waals surface area contributed by atoms with E-state index in [2.05, 4.69) is 20.7 Å². The van der Waals surface area contributed by atoms with Crippen molar-refractivity contribution in [2.24, 2.45) is 0 Å². The molecule has 16 heavy (non-hydrogen) atoms. The Balaban J connectivity index is 3.56. The number of methoxy groups -OCH3 is 1. The minimum Gasteiger partial charge on any atom is -0.465 e. The molecular formula is C9H5BrN2O4. The van der Waals surface area contributed by atoms with Crippen LogP contribution < -0.4 is 0 Å². The first kappa shape index (κ1) is 12.1. The summed E-state index contributed by atoms with van der Waals surface area (Å²) in [5.41, 5.74) is -0.872. The summed E-state index contributed by atoms with van der Waals surface area (Å²) in [4.78, 5) is 21.3. The Labute approximate surface area is 98.7 Å². The number of nitro groups is 1. The SMILES string of the molecule is COC(=O)c1cc(Br)cc([N+](=O)[O-])c1C#N. The molecule has 1 aromatic rings. The van der Waals surface area contributed by atoms with Crippen molar-refractivity contribution in [3.8, 4) is 6.07 Å². The van der Waals surface area contributed by atoms with Crippen LogP contribution >= 0.6 is 15.9 Å². The zero-order valence-electron chi connectivity index (χ0n) is 8.06. The van der Waals surface area contributed by atoms with Crippen LogP contribution in [0.1, 0.15) is 15.9 Å². The molecule has 0 fully saturated rings. The Morgan fingerprint density at radius 2 is 2.25 bits per heavy atom. The molecule has 0 aliphatic heterocycles. The lowest BCUT2D eigenvalue weighted by Crippen LogP contribution is -2.06. The van der Waals surface area contributed by atoms with Gasteiger partial charge in [-0.25, -0.2) is 4.79 Å². The number of esters is 1. The van der Waals surface area contributed by atoms with Crippen LogP contribution in [0.15, 0.2) is 16.6 Å². The third-order valence-electron chi connectivity index (χ3n) is 1.80. The molecule has 0 spiro atoms. The van der Waals surface area contributed by atoms with E-state index in [4.69, 9.17) is 5.26 Å². The molecule has 0 radical (unpaired) electrons. The molecule has 0 bridgehead atoms. The maximum atomic E-state index is 11.3. The summed E-state index contributed by atoms with van der Waals surface area (Å²) < 4.78 is 4.77. The summed E-state index contributed by atoms with van der Waals surface area (Å²) in [6.07, 6.45) is 0. The molecule has 0 saturated heterocycles. The molecule has 0 aliphatic carbocycles. The second-order valence-corrected chi connectivity index (χ2v) is 3.62. The van der Waals surface area contributed by atoms with Crippen LogP contribution in [0, 0.1) is 21.4 Å². The van der Waals surface area contributed by atoms with Crippen LogP contribution in [0.3, 0.4) is 0 Å². The molecule has 0 N–H and O–H groups in total. The molecule has 1 aromatic carbocycles. The van der Waals surface area contributed by atoms with E-state index in [9.17, 15) is 14.9 Å². The number of carbonyl (C=O) groups is 1. The average molecular weight is 285 g/mol. The molecule has 6 nitrogen and oxygen atoms in total. The molecule has 82 valence electrons. The Morgan fingerprint density at radius 3 is 2.69 bits per heavy atom. The minimum atomic E-state index is -0.791. The molecule has 0 heterocycles. The van der Waals surface area contributed by atoms with Gasteiger partial charge in [0.2, 0.25) is 0 Å². The van der Waals surface area contributed by atoms with E-state index in [1.165, 1.54) is 6.07 Å². The fraction of sp³-hybridized carbons (Fsp3) is 0.111. The van der Waals surface area contributed by atoms with Gasteiger partial charge in [-0.3, -0.25) is 10.1 Å². The van der Waals surface area contributed by atoms with Crippen LogP contribution in [-0.4, -0.2) is 18.0 Å². The van der Waals surface area contributed by atoms with Crippen molar-refractivity contribution in [3.05, 3.63) is 37.8 Å². The van der Waals surface area contributed by atoms with Gasteiger partial charge >= 0.3 is 5.97 Å². The second kappa shape index (κ2) is 4.72. The first-order valence-electron chi connectivity index (χ1n) is 3.97. The average Bonchev–Trinajstić information content (AvgIpc) is 2.26. The minimum absolute atomic E-state index is 0.133. The van der Waals surface area contributed by atoms with Gasteiger partial charge in [0, 0.05) is 10.5 Å². The summed E-state index contributed by atoms with van der Waals surface area (Å²) in [7, 11) is 1.14. The van der Waals surface area contributed by atoms with E-state index in [1.54, 1.807) is 6.07 Å². The van der Waals surface area contributed by atoms with Crippen molar-refractivity contribution < 1.29 is 14.5 Å². The van der Waals surface area contributed by atoms with Gasteiger partial charge in [-0.15, -0.1) is 0 Å². The van der Waals surface area contributed by atoms with E-state index in [0.717, 1.165) is 13.2 Å². The van der Waals surface area contributed by atoms with E-state index in [-0.39, 0.29) is 11.1 Å². The van der Waals surface area contributed by atoms with Gasteiger partial charge in [-0.1, -0.05) is 15.9 Å². The normalized spacial score (nSPS) is 9.31. The number of rotatable bonds is 2. The highest BCUT2D eigenvalue weighted by Gasteiger charge is 2.23. The molecule has 0 amide bonds.